The maximum Gasteiger partial charge on any atom is 0.0697 e. The molecule has 1 heterocycles. The van der Waals surface area contributed by atoms with Crippen molar-refractivity contribution in [3.05, 3.63) is 0 Å². The van der Waals surface area contributed by atoms with E-state index >= 15 is 0 Å². The Labute approximate surface area is 124 Å². The summed E-state index contributed by atoms with van der Waals surface area (Å²) in [5, 5.41) is 0. The van der Waals surface area contributed by atoms with Gasteiger partial charge in [0.05, 0.1) is 5.60 Å². The molecule has 2 aliphatic carbocycles. The molecule has 3 rings (SSSR count). The van der Waals surface area contributed by atoms with Gasteiger partial charge < -0.3 is 10.5 Å². The highest BCUT2D eigenvalue weighted by Crippen LogP contribution is 2.44. The van der Waals surface area contributed by atoms with Gasteiger partial charge in [0, 0.05) is 18.7 Å². The van der Waals surface area contributed by atoms with E-state index in [0.29, 0.717) is 0 Å². The lowest BCUT2D eigenvalue weighted by molar-refractivity contribution is -0.152. The average molecular weight is 280 g/mol. The van der Waals surface area contributed by atoms with Crippen LogP contribution in [0.25, 0.3) is 0 Å². The third-order valence-corrected chi connectivity index (χ3v) is 5.86. The predicted octanol–water partition coefficient (Wildman–Crippen LogP) is 3.07. The van der Waals surface area contributed by atoms with Gasteiger partial charge in [0.2, 0.25) is 0 Å². The zero-order valence-corrected chi connectivity index (χ0v) is 13.0. The van der Waals surface area contributed by atoms with Crippen molar-refractivity contribution in [2.45, 2.75) is 88.3 Å². The summed E-state index contributed by atoms with van der Waals surface area (Å²) >= 11 is 0. The Morgan fingerprint density at radius 3 is 2.45 bits per heavy atom. The van der Waals surface area contributed by atoms with E-state index in [1.165, 1.54) is 70.8 Å². The second-order valence-corrected chi connectivity index (χ2v) is 7.20. The van der Waals surface area contributed by atoms with Gasteiger partial charge in [0.1, 0.15) is 0 Å². The number of nitrogens with two attached hydrogens (primary N) is 1. The summed E-state index contributed by atoms with van der Waals surface area (Å²) in [7, 11) is 0. The van der Waals surface area contributed by atoms with Crippen molar-refractivity contribution in [3.63, 3.8) is 0 Å². The van der Waals surface area contributed by atoms with Gasteiger partial charge in [-0.1, -0.05) is 19.3 Å². The molecule has 3 aliphatic rings. The predicted molar refractivity (Wildman–Crippen MR) is 82.8 cm³/mol. The van der Waals surface area contributed by atoms with Crippen LogP contribution in [0.1, 0.15) is 70.6 Å². The summed E-state index contributed by atoms with van der Waals surface area (Å²) in [4.78, 5) is 2.84. The van der Waals surface area contributed by atoms with Crippen LogP contribution in [-0.2, 0) is 4.74 Å². The molecule has 1 atom stereocenters. The van der Waals surface area contributed by atoms with E-state index in [-0.39, 0.29) is 5.60 Å². The number of nitrogens with zero attached hydrogens (tertiary/aromatic N) is 1. The van der Waals surface area contributed by atoms with E-state index in [1.54, 1.807) is 0 Å². The Bertz CT molecular complexity index is 297. The second-order valence-electron chi connectivity index (χ2n) is 7.20. The zero-order chi connectivity index (χ0) is 13.8. The van der Waals surface area contributed by atoms with Crippen molar-refractivity contribution in [3.8, 4) is 0 Å². The van der Waals surface area contributed by atoms with Crippen LogP contribution in [-0.4, -0.2) is 42.3 Å². The zero-order valence-electron chi connectivity index (χ0n) is 13.0. The molecular formula is C17H32N2O. The highest BCUT2D eigenvalue weighted by Gasteiger charge is 2.44. The largest absolute Gasteiger partial charge is 0.375 e. The molecule has 3 heteroatoms. The fraction of sp³-hybridized carbons (Fsp3) is 1.00. The van der Waals surface area contributed by atoms with Crippen LogP contribution in [0.5, 0.6) is 0 Å². The second kappa shape index (κ2) is 6.76. The number of rotatable bonds is 5. The molecule has 3 nitrogen and oxygen atoms in total. The smallest absolute Gasteiger partial charge is 0.0697 e. The molecule has 2 N–H and O–H groups in total. The van der Waals surface area contributed by atoms with Crippen LogP contribution in [0, 0.1) is 0 Å². The van der Waals surface area contributed by atoms with Crippen molar-refractivity contribution >= 4 is 0 Å². The topological polar surface area (TPSA) is 38.5 Å². The minimum atomic E-state index is 0.276. The standard InChI is InChI=1S/C17H32N2O/c18-11-5-12-19(15-6-2-1-3-7-15)16-8-13-20-17(14-16)9-4-10-17/h15-16H,1-14,18H2. The molecule has 1 saturated heterocycles. The summed E-state index contributed by atoms with van der Waals surface area (Å²) in [6, 6.07) is 1.59. The quantitative estimate of drug-likeness (QED) is 0.841. The lowest BCUT2D eigenvalue weighted by Gasteiger charge is -2.51. The molecule has 2 saturated carbocycles. The summed E-state index contributed by atoms with van der Waals surface area (Å²) in [6.45, 7) is 3.02. The molecule has 1 unspecified atom stereocenters. The lowest BCUT2D eigenvalue weighted by Crippen LogP contribution is -2.55. The molecular weight excluding hydrogens is 248 g/mol. The molecule has 20 heavy (non-hydrogen) atoms. The lowest BCUT2D eigenvalue weighted by atomic mass is 9.73. The fourth-order valence-electron chi connectivity index (χ4n) is 4.55. The Hall–Kier alpha value is -0.120. The first-order valence-electron chi connectivity index (χ1n) is 8.93. The molecule has 0 aromatic rings. The first-order valence-corrected chi connectivity index (χ1v) is 8.93. The Kier molecular flexibility index (Phi) is 5.00. The number of hydrogen-bond donors (Lipinski definition) is 1. The highest BCUT2D eigenvalue weighted by atomic mass is 16.5. The van der Waals surface area contributed by atoms with Gasteiger partial charge in [-0.15, -0.1) is 0 Å². The Morgan fingerprint density at radius 1 is 1.00 bits per heavy atom. The van der Waals surface area contributed by atoms with Gasteiger partial charge in [-0.05, 0) is 64.5 Å². The first-order chi connectivity index (χ1) is 9.83. The van der Waals surface area contributed by atoms with Crippen LogP contribution in [0.15, 0.2) is 0 Å². The molecule has 116 valence electrons. The van der Waals surface area contributed by atoms with Crippen molar-refractivity contribution in [2.24, 2.45) is 5.73 Å². The summed E-state index contributed by atoms with van der Waals surface area (Å²) in [5.74, 6) is 0. The van der Waals surface area contributed by atoms with E-state index in [2.05, 4.69) is 4.90 Å². The molecule has 0 aromatic heterocycles. The van der Waals surface area contributed by atoms with Crippen molar-refractivity contribution < 1.29 is 4.74 Å². The van der Waals surface area contributed by atoms with E-state index in [1.807, 2.05) is 0 Å². The Balaban J connectivity index is 1.63. The highest BCUT2D eigenvalue weighted by molar-refractivity contribution is 4.97. The van der Waals surface area contributed by atoms with Gasteiger partial charge in [0.25, 0.3) is 0 Å². The summed E-state index contributed by atoms with van der Waals surface area (Å²) in [6.07, 6.45) is 14.8. The SMILES string of the molecule is NCCCN(C1CCCCC1)C1CCOC2(CCC2)C1. The van der Waals surface area contributed by atoms with Gasteiger partial charge in [-0.25, -0.2) is 0 Å². The molecule has 0 radical (unpaired) electrons. The number of ether oxygens (including phenoxy) is 1. The molecule has 3 fully saturated rings. The third kappa shape index (κ3) is 3.20. The normalized spacial score (nSPS) is 30.6. The first kappa shape index (κ1) is 14.8. The van der Waals surface area contributed by atoms with Crippen LogP contribution < -0.4 is 5.73 Å². The van der Waals surface area contributed by atoms with E-state index in [9.17, 15) is 0 Å². The van der Waals surface area contributed by atoms with Crippen molar-refractivity contribution in [2.75, 3.05) is 19.7 Å². The number of hydrogen-bond acceptors (Lipinski definition) is 3. The maximum absolute atomic E-state index is 6.12. The van der Waals surface area contributed by atoms with Crippen LogP contribution >= 0.6 is 0 Å². The molecule has 1 spiro atoms. The third-order valence-electron chi connectivity index (χ3n) is 5.86. The summed E-state index contributed by atoms with van der Waals surface area (Å²) < 4.78 is 6.12. The molecule has 1 aliphatic heterocycles. The van der Waals surface area contributed by atoms with Gasteiger partial charge in [0.15, 0.2) is 0 Å². The van der Waals surface area contributed by atoms with Crippen molar-refractivity contribution in [1.29, 1.82) is 0 Å². The monoisotopic (exact) mass is 280 g/mol. The van der Waals surface area contributed by atoms with Crippen LogP contribution in [0.3, 0.4) is 0 Å². The average Bonchev–Trinajstić information content (AvgIpc) is 2.47. The van der Waals surface area contributed by atoms with E-state index < -0.39 is 0 Å². The Morgan fingerprint density at radius 2 is 1.80 bits per heavy atom. The minimum absolute atomic E-state index is 0.276. The van der Waals surface area contributed by atoms with Crippen LogP contribution in [0.2, 0.25) is 0 Å². The van der Waals surface area contributed by atoms with Gasteiger partial charge >= 0.3 is 0 Å². The van der Waals surface area contributed by atoms with E-state index in [0.717, 1.165) is 31.7 Å². The maximum atomic E-state index is 6.12. The molecule has 0 amide bonds. The minimum Gasteiger partial charge on any atom is -0.375 e. The summed E-state index contributed by atoms with van der Waals surface area (Å²) in [5.41, 5.74) is 6.05. The van der Waals surface area contributed by atoms with Gasteiger partial charge in [-0.3, -0.25) is 4.90 Å². The van der Waals surface area contributed by atoms with Gasteiger partial charge in [-0.2, -0.15) is 0 Å². The van der Waals surface area contributed by atoms with E-state index in [4.69, 9.17) is 10.5 Å². The molecule has 0 bridgehead atoms. The molecule has 0 aromatic carbocycles. The van der Waals surface area contributed by atoms with Crippen LogP contribution in [0.4, 0.5) is 0 Å². The fourth-order valence-corrected chi connectivity index (χ4v) is 4.55. The van der Waals surface area contributed by atoms with Crippen molar-refractivity contribution in [1.82, 2.24) is 4.90 Å².